The van der Waals surface area contributed by atoms with E-state index in [-0.39, 0.29) is 24.2 Å². The molecule has 12 heavy (non-hydrogen) atoms. The zero-order chi connectivity index (χ0) is 9.03. The van der Waals surface area contributed by atoms with Crippen molar-refractivity contribution in [3.63, 3.8) is 0 Å². The normalized spacial score (nSPS) is 24.1. The van der Waals surface area contributed by atoms with Crippen molar-refractivity contribution in [2.45, 2.75) is 18.9 Å². The molecule has 0 amide bonds. The lowest BCUT2D eigenvalue weighted by atomic mass is 10.1. The smallest absolute Gasteiger partial charge is 0.150 e. The molecule has 0 aliphatic carbocycles. The topological polar surface area (TPSA) is 66.4 Å². The molecule has 0 saturated carbocycles. The van der Waals surface area contributed by atoms with Crippen LogP contribution in [0.3, 0.4) is 0 Å². The third kappa shape index (κ3) is 3.08. The molecule has 72 valence electrons. The van der Waals surface area contributed by atoms with Gasteiger partial charge in [-0.15, -0.1) is 0 Å². The summed E-state index contributed by atoms with van der Waals surface area (Å²) in [4.78, 5) is 0. The summed E-state index contributed by atoms with van der Waals surface area (Å²) in [6, 6.07) is 0.278. The van der Waals surface area contributed by atoms with Crippen molar-refractivity contribution in [1.29, 1.82) is 0 Å². The second-order valence-corrected chi connectivity index (χ2v) is 5.41. The molecule has 1 rings (SSSR count). The number of rotatable bonds is 3. The van der Waals surface area contributed by atoms with Gasteiger partial charge in [0.15, 0.2) is 0 Å². The Hall–Kier alpha value is -0.130. The van der Waals surface area contributed by atoms with Gasteiger partial charge in [0.1, 0.15) is 9.84 Å². The summed E-state index contributed by atoms with van der Waals surface area (Å²) in [7, 11) is -2.74. The summed E-state index contributed by atoms with van der Waals surface area (Å²) in [5.74, 6) is 0.576. The molecule has 0 aromatic carbocycles. The third-order valence-corrected chi connectivity index (χ3v) is 3.81. The Bertz CT molecular complexity index is 211. The Morgan fingerprint density at radius 1 is 1.33 bits per heavy atom. The predicted octanol–water partition coefficient (Wildman–Crippen LogP) is -0.854. The molecule has 1 fully saturated rings. The first-order chi connectivity index (χ1) is 5.64. The molecule has 0 aromatic rings. The fourth-order valence-electron chi connectivity index (χ4n) is 1.36. The van der Waals surface area contributed by atoms with E-state index in [9.17, 15) is 8.42 Å². The van der Waals surface area contributed by atoms with E-state index in [1.165, 1.54) is 0 Å². The number of hydrogen-bond acceptors (Lipinski definition) is 4. The highest BCUT2D eigenvalue weighted by Gasteiger charge is 2.22. The van der Waals surface area contributed by atoms with Crippen LogP contribution in [0.2, 0.25) is 0 Å². The van der Waals surface area contributed by atoms with Gasteiger partial charge in [0.05, 0.1) is 18.1 Å². The van der Waals surface area contributed by atoms with E-state index >= 15 is 0 Å². The maximum atomic E-state index is 11.0. The van der Waals surface area contributed by atoms with Crippen molar-refractivity contribution in [3.05, 3.63) is 0 Å². The highest BCUT2D eigenvalue weighted by molar-refractivity contribution is 7.91. The van der Waals surface area contributed by atoms with Gasteiger partial charge in [-0.3, -0.25) is 0 Å². The van der Waals surface area contributed by atoms with E-state index in [0.717, 1.165) is 0 Å². The number of hydrogen-bond donors (Lipinski definition) is 2. The highest BCUT2D eigenvalue weighted by Crippen LogP contribution is 2.11. The molecule has 0 aromatic heterocycles. The Morgan fingerprint density at radius 2 is 1.92 bits per heavy atom. The van der Waals surface area contributed by atoms with Gasteiger partial charge in [-0.05, 0) is 12.8 Å². The van der Waals surface area contributed by atoms with E-state index in [2.05, 4.69) is 5.32 Å². The SMILES string of the molecule is O=S1(=O)CCC(NCCO)CC1. The minimum absolute atomic E-state index is 0.114. The monoisotopic (exact) mass is 193 g/mol. The van der Waals surface area contributed by atoms with E-state index in [0.29, 0.717) is 19.4 Å². The van der Waals surface area contributed by atoms with Crippen molar-refractivity contribution in [2.75, 3.05) is 24.7 Å². The van der Waals surface area contributed by atoms with Crippen LogP contribution in [-0.2, 0) is 9.84 Å². The molecule has 1 aliphatic rings. The largest absolute Gasteiger partial charge is 0.395 e. The maximum absolute atomic E-state index is 11.0. The maximum Gasteiger partial charge on any atom is 0.150 e. The molecule has 0 radical (unpaired) electrons. The third-order valence-electron chi connectivity index (χ3n) is 2.10. The van der Waals surface area contributed by atoms with E-state index < -0.39 is 9.84 Å². The van der Waals surface area contributed by atoms with Gasteiger partial charge < -0.3 is 10.4 Å². The second-order valence-electron chi connectivity index (χ2n) is 3.10. The predicted molar refractivity (Wildman–Crippen MR) is 46.8 cm³/mol. The molecule has 5 heteroatoms. The van der Waals surface area contributed by atoms with Crippen LogP contribution >= 0.6 is 0 Å². The van der Waals surface area contributed by atoms with Gasteiger partial charge >= 0.3 is 0 Å². The number of nitrogens with one attached hydrogen (secondary N) is 1. The average molecular weight is 193 g/mol. The molecular weight excluding hydrogens is 178 g/mol. The van der Waals surface area contributed by atoms with Crippen molar-refractivity contribution in [3.8, 4) is 0 Å². The van der Waals surface area contributed by atoms with Crippen LogP contribution in [0.1, 0.15) is 12.8 Å². The van der Waals surface area contributed by atoms with Crippen molar-refractivity contribution < 1.29 is 13.5 Å². The van der Waals surface area contributed by atoms with Crippen molar-refractivity contribution >= 4 is 9.84 Å². The molecule has 1 heterocycles. The Balaban J connectivity index is 2.27. The van der Waals surface area contributed by atoms with Crippen LogP contribution in [0, 0.1) is 0 Å². The summed E-state index contributed by atoms with van der Waals surface area (Å²) >= 11 is 0. The highest BCUT2D eigenvalue weighted by atomic mass is 32.2. The Kier molecular flexibility index (Phi) is 3.49. The van der Waals surface area contributed by atoms with Gasteiger partial charge in [0.2, 0.25) is 0 Å². The second kappa shape index (κ2) is 4.20. The van der Waals surface area contributed by atoms with Crippen LogP contribution < -0.4 is 5.32 Å². The number of sulfone groups is 1. The first-order valence-corrected chi connectivity index (χ1v) is 6.01. The van der Waals surface area contributed by atoms with Crippen molar-refractivity contribution in [2.24, 2.45) is 0 Å². The first kappa shape index (κ1) is 9.95. The van der Waals surface area contributed by atoms with Crippen LogP contribution in [0.5, 0.6) is 0 Å². The molecule has 4 nitrogen and oxygen atoms in total. The molecule has 2 N–H and O–H groups in total. The lowest BCUT2D eigenvalue weighted by molar-refractivity contribution is 0.281. The van der Waals surface area contributed by atoms with Gasteiger partial charge in [-0.2, -0.15) is 0 Å². The zero-order valence-corrected chi connectivity index (χ0v) is 7.81. The summed E-state index contributed by atoms with van der Waals surface area (Å²) in [6.07, 6.45) is 1.37. The summed E-state index contributed by atoms with van der Waals surface area (Å²) < 4.78 is 22.0. The van der Waals surface area contributed by atoms with Crippen LogP contribution in [0.4, 0.5) is 0 Å². The minimum Gasteiger partial charge on any atom is -0.395 e. The molecule has 0 spiro atoms. The molecule has 1 saturated heterocycles. The van der Waals surface area contributed by atoms with E-state index in [1.54, 1.807) is 0 Å². The van der Waals surface area contributed by atoms with Crippen LogP contribution in [0.25, 0.3) is 0 Å². The lowest BCUT2D eigenvalue weighted by Gasteiger charge is -2.22. The quantitative estimate of drug-likeness (QED) is 0.612. The number of aliphatic hydroxyl groups excluding tert-OH is 1. The molecule has 0 atom stereocenters. The minimum atomic E-state index is -2.74. The van der Waals surface area contributed by atoms with Crippen LogP contribution in [-0.4, -0.2) is 44.2 Å². The standard InChI is InChI=1S/C7H15NO3S/c9-4-3-8-7-1-5-12(10,11)6-2-7/h7-9H,1-6H2. The zero-order valence-electron chi connectivity index (χ0n) is 6.99. The van der Waals surface area contributed by atoms with Crippen molar-refractivity contribution in [1.82, 2.24) is 5.32 Å². The Labute approximate surface area is 72.9 Å². The molecule has 0 unspecified atom stereocenters. The average Bonchev–Trinajstić information content (AvgIpc) is 2.03. The molecule has 0 bridgehead atoms. The van der Waals surface area contributed by atoms with Crippen LogP contribution in [0.15, 0.2) is 0 Å². The fraction of sp³-hybridized carbons (Fsp3) is 1.00. The fourth-order valence-corrected chi connectivity index (χ4v) is 2.85. The van der Waals surface area contributed by atoms with Gasteiger partial charge in [-0.25, -0.2) is 8.42 Å². The van der Waals surface area contributed by atoms with Gasteiger partial charge in [0.25, 0.3) is 0 Å². The lowest BCUT2D eigenvalue weighted by Crippen LogP contribution is -2.38. The van der Waals surface area contributed by atoms with Gasteiger partial charge in [0, 0.05) is 12.6 Å². The summed E-state index contributed by atoms with van der Waals surface area (Å²) in [6.45, 7) is 0.675. The molecular formula is C7H15NO3S. The Morgan fingerprint density at radius 3 is 2.42 bits per heavy atom. The van der Waals surface area contributed by atoms with E-state index in [1.807, 2.05) is 0 Å². The van der Waals surface area contributed by atoms with E-state index in [4.69, 9.17) is 5.11 Å². The first-order valence-electron chi connectivity index (χ1n) is 4.19. The summed E-state index contributed by atoms with van der Waals surface area (Å²) in [5, 5.41) is 11.6. The number of aliphatic hydroxyl groups is 1. The molecule has 1 aliphatic heterocycles. The van der Waals surface area contributed by atoms with Gasteiger partial charge in [-0.1, -0.05) is 0 Å². The summed E-state index contributed by atoms with van der Waals surface area (Å²) in [5.41, 5.74) is 0.